The second-order valence-electron chi connectivity index (χ2n) is 6.09. The number of β-amino-alcohol motifs (C(OH)–C–C–N with tert-alkyl or cyclic N) is 1. The topological polar surface area (TPSA) is 61.8 Å². The van der Waals surface area contributed by atoms with E-state index in [1.807, 2.05) is 6.92 Å². The highest BCUT2D eigenvalue weighted by atomic mass is 35.5. The Morgan fingerprint density at radius 3 is 2.73 bits per heavy atom. The zero-order valence-electron chi connectivity index (χ0n) is 13.1. The second-order valence-corrected chi connectivity index (χ2v) is 6.52. The molecular formula is C16H23ClN2O3. The summed E-state index contributed by atoms with van der Waals surface area (Å²) >= 11 is 5.97. The molecule has 22 heavy (non-hydrogen) atoms. The smallest absolute Gasteiger partial charge is 0.251 e. The van der Waals surface area contributed by atoms with Crippen molar-refractivity contribution < 1.29 is 14.6 Å². The molecule has 1 amide bonds. The van der Waals surface area contributed by atoms with E-state index in [2.05, 4.69) is 10.2 Å². The Bertz CT molecular complexity index is 508. The number of nitrogens with one attached hydrogen (secondary N) is 1. The quantitative estimate of drug-likeness (QED) is 0.860. The SMILES string of the molecule is Cc1cc(Cl)cc(C(=O)NCC(C)(O)CN2CCOCC2)c1. The van der Waals surface area contributed by atoms with Gasteiger partial charge in [0, 0.05) is 36.8 Å². The molecule has 0 spiro atoms. The van der Waals surface area contributed by atoms with E-state index < -0.39 is 5.60 Å². The zero-order valence-corrected chi connectivity index (χ0v) is 13.8. The fourth-order valence-electron chi connectivity index (χ4n) is 2.54. The fourth-order valence-corrected chi connectivity index (χ4v) is 2.83. The van der Waals surface area contributed by atoms with Crippen LogP contribution in [0.3, 0.4) is 0 Å². The monoisotopic (exact) mass is 326 g/mol. The molecule has 1 unspecified atom stereocenters. The van der Waals surface area contributed by atoms with Crippen molar-refractivity contribution >= 4 is 17.5 Å². The predicted molar refractivity (Wildman–Crippen MR) is 86.4 cm³/mol. The van der Waals surface area contributed by atoms with Gasteiger partial charge in [-0.25, -0.2) is 0 Å². The van der Waals surface area contributed by atoms with Gasteiger partial charge >= 0.3 is 0 Å². The largest absolute Gasteiger partial charge is 0.387 e. The highest BCUT2D eigenvalue weighted by Gasteiger charge is 2.26. The van der Waals surface area contributed by atoms with Crippen LogP contribution in [0.15, 0.2) is 18.2 Å². The molecule has 0 saturated carbocycles. The van der Waals surface area contributed by atoms with Crippen molar-refractivity contribution in [3.05, 3.63) is 34.3 Å². The third-order valence-corrected chi connectivity index (χ3v) is 3.82. The number of hydrogen-bond donors (Lipinski definition) is 2. The van der Waals surface area contributed by atoms with Crippen molar-refractivity contribution in [3.63, 3.8) is 0 Å². The molecule has 6 heteroatoms. The number of aryl methyl sites for hydroxylation is 1. The molecule has 0 radical (unpaired) electrons. The molecule has 1 saturated heterocycles. The lowest BCUT2D eigenvalue weighted by Crippen LogP contribution is -2.51. The maximum absolute atomic E-state index is 12.2. The molecule has 1 aromatic rings. The minimum absolute atomic E-state index is 0.189. The van der Waals surface area contributed by atoms with Crippen molar-refractivity contribution in [3.8, 4) is 0 Å². The molecule has 1 aliphatic rings. The Morgan fingerprint density at radius 2 is 2.09 bits per heavy atom. The van der Waals surface area contributed by atoms with Gasteiger partial charge in [-0.3, -0.25) is 9.69 Å². The molecule has 1 atom stereocenters. The third kappa shape index (κ3) is 5.25. The van der Waals surface area contributed by atoms with E-state index in [0.29, 0.717) is 30.3 Å². The van der Waals surface area contributed by atoms with Gasteiger partial charge in [-0.1, -0.05) is 11.6 Å². The van der Waals surface area contributed by atoms with E-state index in [0.717, 1.165) is 18.7 Å². The molecule has 1 aliphatic heterocycles. The molecule has 5 nitrogen and oxygen atoms in total. The first kappa shape index (κ1) is 17.2. The molecule has 0 bridgehead atoms. The van der Waals surface area contributed by atoms with Crippen LogP contribution in [0.25, 0.3) is 0 Å². The maximum atomic E-state index is 12.2. The molecule has 1 aromatic carbocycles. The Morgan fingerprint density at radius 1 is 1.41 bits per heavy atom. The summed E-state index contributed by atoms with van der Waals surface area (Å²) in [5, 5.41) is 13.8. The Kier molecular flexibility index (Phi) is 5.81. The molecular weight excluding hydrogens is 304 g/mol. The second kappa shape index (κ2) is 7.42. The predicted octanol–water partition coefficient (Wildman–Crippen LogP) is 1.46. The van der Waals surface area contributed by atoms with Crippen molar-refractivity contribution in [2.75, 3.05) is 39.4 Å². The van der Waals surface area contributed by atoms with Gasteiger partial charge in [0.2, 0.25) is 0 Å². The van der Waals surface area contributed by atoms with Gasteiger partial charge in [-0.05, 0) is 37.6 Å². The Hall–Kier alpha value is -1.14. The minimum atomic E-state index is -0.985. The van der Waals surface area contributed by atoms with Gasteiger partial charge in [-0.15, -0.1) is 0 Å². The van der Waals surface area contributed by atoms with E-state index in [1.165, 1.54) is 0 Å². The van der Waals surface area contributed by atoms with Crippen molar-refractivity contribution in [1.29, 1.82) is 0 Å². The lowest BCUT2D eigenvalue weighted by molar-refractivity contribution is -0.0213. The number of rotatable bonds is 5. The van der Waals surface area contributed by atoms with E-state index in [1.54, 1.807) is 25.1 Å². The molecule has 1 fully saturated rings. The molecule has 1 heterocycles. The first-order valence-corrected chi connectivity index (χ1v) is 7.81. The lowest BCUT2D eigenvalue weighted by atomic mass is 10.1. The summed E-state index contributed by atoms with van der Waals surface area (Å²) in [6.07, 6.45) is 0. The number of morpholine rings is 1. The van der Waals surface area contributed by atoms with Crippen LogP contribution < -0.4 is 5.32 Å². The fraction of sp³-hybridized carbons (Fsp3) is 0.562. The Labute approximate surface area is 136 Å². The van der Waals surface area contributed by atoms with E-state index in [9.17, 15) is 9.90 Å². The van der Waals surface area contributed by atoms with E-state index in [-0.39, 0.29) is 12.5 Å². The molecule has 122 valence electrons. The van der Waals surface area contributed by atoms with Gasteiger partial charge < -0.3 is 15.2 Å². The number of aliphatic hydroxyl groups is 1. The average molecular weight is 327 g/mol. The van der Waals surface area contributed by atoms with Crippen LogP contribution in [0.4, 0.5) is 0 Å². The zero-order chi connectivity index (χ0) is 16.2. The van der Waals surface area contributed by atoms with Crippen molar-refractivity contribution in [2.45, 2.75) is 19.4 Å². The maximum Gasteiger partial charge on any atom is 0.251 e. The number of hydrogen-bond acceptors (Lipinski definition) is 4. The number of ether oxygens (including phenoxy) is 1. The highest BCUT2D eigenvalue weighted by Crippen LogP contribution is 2.15. The van der Waals surface area contributed by atoms with E-state index in [4.69, 9.17) is 16.3 Å². The number of carbonyl (C=O) groups excluding carboxylic acids is 1. The lowest BCUT2D eigenvalue weighted by Gasteiger charge is -2.33. The number of benzene rings is 1. The Balaban J connectivity index is 1.88. The standard InChI is InChI=1S/C16H23ClN2O3/c1-12-7-13(9-14(17)8-12)15(20)18-10-16(2,21)11-19-3-5-22-6-4-19/h7-9,21H,3-6,10-11H2,1-2H3,(H,18,20). The molecule has 2 N–H and O–H groups in total. The first-order chi connectivity index (χ1) is 10.4. The van der Waals surface area contributed by atoms with Crippen LogP contribution >= 0.6 is 11.6 Å². The molecule has 0 aliphatic carbocycles. The molecule has 0 aromatic heterocycles. The van der Waals surface area contributed by atoms with Crippen LogP contribution in [0.1, 0.15) is 22.8 Å². The first-order valence-electron chi connectivity index (χ1n) is 7.44. The summed E-state index contributed by atoms with van der Waals surface area (Å²) in [6, 6.07) is 5.20. The van der Waals surface area contributed by atoms with Crippen LogP contribution in [0.5, 0.6) is 0 Å². The van der Waals surface area contributed by atoms with Gasteiger partial charge in [0.05, 0.1) is 18.8 Å². The summed E-state index contributed by atoms with van der Waals surface area (Å²) in [5.41, 5.74) is 0.450. The summed E-state index contributed by atoms with van der Waals surface area (Å²) in [6.45, 7) is 7.28. The number of halogens is 1. The normalized spacial score (nSPS) is 18.7. The summed E-state index contributed by atoms with van der Waals surface area (Å²) < 4.78 is 5.29. The van der Waals surface area contributed by atoms with Gasteiger partial charge in [-0.2, -0.15) is 0 Å². The summed E-state index contributed by atoms with van der Waals surface area (Å²) in [5.74, 6) is -0.229. The number of nitrogens with zero attached hydrogens (tertiary/aromatic N) is 1. The van der Waals surface area contributed by atoms with Crippen molar-refractivity contribution in [2.24, 2.45) is 0 Å². The van der Waals surface area contributed by atoms with Crippen LogP contribution in [0, 0.1) is 6.92 Å². The molecule has 2 rings (SSSR count). The van der Waals surface area contributed by atoms with Crippen LogP contribution in [-0.4, -0.2) is 60.9 Å². The van der Waals surface area contributed by atoms with Crippen molar-refractivity contribution in [1.82, 2.24) is 10.2 Å². The van der Waals surface area contributed by atoms with E-state index >= 15 is 0 Å². The summed E-state index contributed by atoms with van der Waals surface area (Å²) in [7, 11) is 0. The van der Waals surface area contributed by atoms with Gasteiger partial charge in [0.1, 0.15) is 0 Å². The number of carbonyl (C=O) groups is 1. The van der Waals surface area contributed by atoms with Gasteiger partial charge in [0.25, 0.3) is 5.91 Å². The number of amides is 1. The third-order valence-electron chi connectivity index (χ3n) is 3.60. The summed E-state index contributed by atoms with van der Waals surface area (Å²) in [4.78, 5) is 14.3. The average Bonchev–Trinajstić information content (AvgIpc) is 2.44. The van der Waals surface area contributed by atoms with Gasteiger partial charge in [0.15, 0.2) is 0 Å². The van der Waals surface area contributed by atoms with Crippen LogP contribution in [0.2, 0.25) is 5.02 Å². The van der Waals surface area contributed by atoms with Crippen LogP contribution in [-0.2, 0) is 4.74 Å². The minimum Gasteiger partial charge on any atom is -0.387 e. The highest BCUT2D eigenvalue weighted by molar-refractivity contribution is 6.31.